The monoisotopic (exact) mass is 355 g/mol. The van der Waals surface area contributed by atoms with Crippen LogP contribution in [-0.4, -0.2) is 10.8 Å². The predicted octanol–water partition coefficient (Wildman–Crippen LogP) is 3.51. The second kappa shape index (κ2) is 4.83. The number of nitrogens with zero attached hydrogens (tertiary/aromatic N) is 2. The van der Waals surface area contributed by atoms with E-state index < -0.39 is 5.82 Å². The molecule has 16 heavy (non-hydrogen) atoms. The fraction of sp³-hybridized carbons (Fsp3) is 0.400. The van der Waals surface area contributed by atoms with Gasteiger partial charge in [-0.2, -0.15) is 0 Å². The number of hydrogen-bond donors (Lipinski definition) is 1. The second-order valence-electron chi connectivity index (χ2n) is 4.30. The summed E-state index contributed by atoms with van der Waals surface area (Å²) in [6.45, 7) is 5.80. The van der Waals surface area contributed by atoms with Crippen molar-refractivity contribution in [2.45, 2.75) is 20.8 Å². The molecule has 0 amide bonds. The third-order valence-corrected chi connectivity index (χ3v) is 3.60. The number of rotatable bonds is 1. The highest BCUT2D eigenvalue weighted by Crippen LogP contribution is 2.29. The van der Waals surface area contributed by atoms with Gasteiger partial charge in [0, 0.05) is 5.41 Å². The molecule has 1 rings (SSSR count). The third kappa shape index (κ3) is 3.04. The van der Waals surface area contributed by atoms with Crippen molar-refractivity contribution in [3.05, 3.63) is 20.6 Å². The zero-order valence-electron chi connectivity index (χ0n) is 9.18. The molecule has 0 aromatic carbocycles. The highest BCUT2D eigenvalue weighted by molar-refractivity contribution is 14.1. The Morgan fingerprint density at radius 2 is 2.12 bits per heavy atom. The summed E-state index contributed by atoms with van der Waals surface area (Å²) < 4.78 is 13.5. The van der Waals surface area contributed by atoms with E-state index in [4.69, 9.17) is 17.3 Å². The number of pyridine rings is 1. The summed E-state index contributed by atoms with van der Waals surface area (Å²) in [5.74, 6) is 0.222. The molecule has 2 N–H and O–H groups in total. The standard InChI is InChI=1S/C10H12ClFIN3/c1-10(2,3)9(14)16-8-7(13)6(11)5(12)4-15-8/h4H,1-3H3,(H2,14,15,16). The molecule has 88 valence electrons. The van der Waals surface area contributed by atoms with Gasteiger partial charge in [0.2, 0.25) is 0 Å². The lowest BCUT2D eigenvalue weighted by Gasteiger charge is -2.17. The maximum Gasteiger partial charge on any atom is 0.169 e. The fourth-order valence-electron chi connectivity index (χ4n) is 0.794. The van der Waals surface area contributed by atoms with Gasteiger partial charge in [-0.15, -0.1) is 0 Å². The van der Waals surface area contributed by atoms with Gasteiger partial charge in [-0.1, -0.05) is 32.4 Å². The van der Waals surface area contributed by atoms with Gasteiger partial charge in [-0.3, -0.25) is 0 Å². The number of halogens is 3. The van der Waals surface area contributed by atoms with Crippen LogP contribution >= 0.6 is 34.2 Å². The first-order chi connectivity index (χ1) is 7.23. The van der Waals surface area contributed by atoms with Crippen LogP contribution in [0.1, 0.15) is 20.8 Å². The van der Waals surface area contributed by atoms with E-state index in [1.807, 2.05) is 43.4 Å². The topological polar surface area (TPSA) is 51.3 Å². The fourth-order valence-corrected chi connectivity index (χ4v) is 1.44. The Morgan fingerprint density at radius 3 is 2.62 bits per heavy atom. The molecular formula is C10H12ClFIN3. The Bertz CT molecular complexity index is 440. The minimum absolute atomic E-state index is 0.0241. The molecule has 1 aromatic heterocycles. The highest BCUT2D eigenvalue weighted by atomic mass is 127. The van der Waals surface area contributed by atoms with Crippen LogP contribution < -0.4 is 5.73 Å². The van der Waals surface area contributed by atoms with E-state index in [9.17, 15) is 4.39 Å². The summed E-state index contributed by atoms with van der Waals surface area (Å²) in [4.78, 5) is 8.01. The lowest BCUT2D eigenvalue weighted by Crippen LogP contribution is -2.28. The lowest BCUT2D eigenvalue weighted by molar-refractivity contribution is 0.584. The van der Waals surface area contributed by atoms with Crippen LogP contribution in [0.15, 0.2) is 11.2 Å². The van der Waals surface area contributed by atoms with Gasteiger partial charge in [0.1, 0.15) is 5.84 Å². The molecule has 3 nitrogen and oxygen atoms in total. The van der Waals surface area contributed by atoms with E-state index in [1.165, 1.54) is 0 Å². The van der Waals surface area contributed by atoms with Crippen LogP contribution in [0.4, 0.5) is 10.2 Å². The molecule has 0 fully saturated rings. The molecule has 0 bridgehead atoms. The summed E-state index contributed by atoms with van der Waals surface area (Å²) in [5, 5.41) is 0.0241. The summed E-state index contributed by atoms with van der Waals surface area (Å²) >= 11 is 7.64. The molecule has 0 unspecified atom stereocenters. The molecule has 1 aromatic rings. The highest BCUT2D eigenvalue weighted by Gasteiger charge is 2.17. The van der Waals surface area contributed by atoms with Crippen molar-refractivity contribution < 1.29 is 4.39 Å². The number of aliphatic imine (C=N–C) groups is 1. The van der Waals surface area contributed by atoms with Gasteiger partial charge in [0.05, 0.1) is 14.8 Å². The molecule has 0 aliphatic rings. The van der Waals surface area contributed by atoms with Crippen molar-refractivity contribution >= 4 is 45.8 Å². The number of aromatic nitrogens is 1. The van der Waals surface area contributed by atoms with Gasteiger partial charge in [0.25, 0.3) is 0 Å². The number of hydrogen-bond acceptors (Lipinski definition) is 2. The van der Waals surface area contributed by atoms with Crippen molar-refractivity contribution in [2.24, 2.45) is 16.1 Å². The SMILES string of the molecule is CC(C)(C)C(N)=Nc1ncc(F)c(Cl)c1I. The van der Waals surface area contributed by atoms with E-state index in [0.717, 1.165) is 6.20 Å². The molecule has 0 atom stereocenters. The van der Waals surface area contributed by atoms with Crippen molar-refractivity contribution in [1.29, 1.82) is 0 Å². The third-order valence-electron chi connectivity index (χ3n) is 1.89. The molecule has 0 spiro atoms. The number of nitrogens with two attached hydrogens (primary N) is 1. The summed E-state index contributed by atoms with van der Waals surface area (Å²) in [6, 6.07) is 0. The molecule has 0 saturated heterocycles. The van der Waals surface area contributed by atoms with E-state index in [0.29, 0.717) is 15.2 Å². The average molecular weight is 356 g/mol. The Hall–Kier alpha value is -0.430. The van der Waals surface area contributed by atoms with Crippen LogP contribution in [0, 0.1) is 14.8 Å². The molecule has 1 heterocycles. The average Bonchev–Trinajstić information content (AvgIpc) is 2.17. The smallest absolute Gasteiger partial charge is 0.169 e. The van der Waals surface area contributed by atoms with Crippen LogP contribution in [0.25, 0.3) is 0 Å². The number of amidine groups is 1. The lowest BCUT2D eigenvalue weighted by atomic mass is 9.95. The molecular weight excluding hydrogens is 343 g/mol. The first kappa shape index (κ1) is 13.6. The maximum absolute atomic E-state index is 13.1. The van der Waals surface area contributed by atoms with Gasteiger partial charge in [-0.05, 0) is 22.6 Å². The van der Waals surface area contributed by atoms with E-state index >= 15 is 0 Å². The summed E-state index contributed by atoms with van der Waals surface area (Å²) in [6.07, 6.45) is 1.04. The zero-order valence-corrected chi connectivity index (χ0v) is 12.1. The van der Waals surface area contributed by atoms with Gasteiger partial charge in [-0.25, -0.2) is 14.4 Å². The Labute approximate surface area is 112 Å². The van der Waals surface area contributed by atoms with Crippen LogP contribution in [-0.2, 0) is 0 Å². The summed E-state index contributed by atoms with van der Waals surface area (Å²) in [5.41, 5.74) is 5.55. The van der Waals surface area contributed by atoms with Crippen LogP contribution in [0.2, 0.25) is 5.02 Å². The normalized spacial score (nSPS) is 13.0. The van der Waals surface area contributed by atoms with E-state index in [2.05, 4.69) is 9.98 Å². The zero-order chi connectivity index (χ0) is 12.5. The van der Waals surface area contributed by atoms with E-state index in [-0.39, 0.29) is 10.4 Å². The maximum atomic E-state index is 13.1. The van der Waals surface area contributed by atoms with Crippen molar-refractivity contribution in [2.75, 3.05) is 0 Å². The van der Waals surface area contributed by atoms with Crippen molar-refractivity contribution in [1.82, 2.24) is 4.98 Å². The minimum atomic E-state index is -0.556. The molecule has 6 heteroatoms. The van der Waals surface area contributed by atoms with Gasteiger partial charge < -0.3 is 5.73 Å². The Balaban J connectivity index is 3.22. The molecule has 0 aliphatic heterocycles. The van der Waals surface area contributed by atoms with Crippen molar-refractivity contribution in [3.63, 3.8) is 0 Å². The quantitative estimate of drug-likeness (QED) is 0.476. The minimum Gasteiger partial charge on any atom is -0.387 e. The van der Waals surface area contributed by atoms with Gasteiger partial charge >= 0.3 is 0 Å². The van der Waals surface area contributed by atoms with E-state index in [1.54, 1.807) is 0 Å². The summed E-state index contributed by atoms with van der Waals surface area (Å²) in [7, 11) is 0. The predicted molar refractivity (Wildman–Crippen MR) is 72.7 cm³/mol. The van der Waals surface area contributed by atoms with Gasteiger partial charge in [0.15, 0.2) is 11.6 Å². The van der Waals surface area contributed by atoms with Crippen LogP contribution in [0.3, 0.4) is 0 Å². The first-order valence-corrected chi connectivity index (χ1v) is 6.03. The van der Waals surface area contributed by atoms with Crippen molar-refractivity contribution in [3.8, 4) is 0 Å². The first-order valence-electron chi connectivity index (χ1n) is 4.57. The molecule has 0 radical (unpaired) electrons. The Morgan fingerprint density at radius 1 is 1.56 bits per heavy atom. The Kier molecular flexibility index (Phi) is 4.12. The van der Waals surface area contributed by atoms with Crippen LogP contribution in [0.5, 0.6) is 0 Å². The largest absolute Gasteiger partial charge is 0.387 e. The second-order valence-corrected chi connectivity index (χ2v) is 5.76. The molecule has 0 aliphatic carbocycles. The molecule has 0 saturated carbocycles.